The maximum atomic E-state index is 15.2. The average molecular weight is 600 g/mol. The fourth-order valence-electron chi connectivity index (χ4n) is 5.69. The number of likely N-dealkylation sites (tertiary alicyclic amines) is 1. The number of anilines is 2. The third-order valence-corrected chi connectivity index (χ3v) is 8.99. The number of hydrogen-bond donors (Lipinski definition) is 2. The number of rotatable bonds is 7. The van der Waals surface area contributed by atoms with Crippen LogP contribution in [0, 0.1) is 17.5 Å². The molecule has 1 saturated heterocycles. The largest absolute Gasteiger partial charge is 0.416 e. The van der Waals surface area contributed by atoms with Crippen LogP contribution in [-0.2, 0) is 16.2 Å². The van der Waals surface area contributed by atoms with Gasteiger partial charge in [-0.1, -0.05) is 0 Å². The Morgan fingerprint density at radius 1 is 0.951 bits per heavy atom. The monoisotopic (exact) mass is 599 g/mol. The van der Waals surface area contributed by atoms with Crippen LogP contribution in [0.3, 0.4) is 0 Å². The van der Waals surface area contributed by atoms with Gasteiger partial charge in [0.15, 0.2) is 0 Å². The van der Waals surface area contributed by atoms with Crippen molar-refractivity contribution in [3.8, 4) is 0 Å². The fourth-order valence-corrected chi connectivity index (χ4v) is 6.78. The maximum absolute atomic E-state index is 15.2. The Morgan fingerprint density at radius 3 is 2.39 bits per heavy atom. The lowest BCUT2D eigenvalue weighted by Crippen LogP contribution is -2.49. The lowest BCUT2D eigenvalue weighted by atomic mass is 9.77. The third-order valence-electron chi connectivity index (χ3n) is 7.62. The molecular formula is C27H27F6N5O2S. The van der Waals surface area contributed by atoms with Crippen LogP contribution in [0.15, 0.2) is 53.8 Å². The number of nitrogens with one attached hydrogen (secondary N) is 2. The number of sulfonamides is 1. The zero-order valence-corrected chi connectivity index (χ0v) is 22.5. The van der Waals surface area contributed by atoms with E-state index in [9.17, 15) is 26.0 Å². The van der Waals surface area contributed by atoms with Crippen molar-refractivity contribution in [3.05, 3.63) is 77.5 Å². The summed E-state index contributed by atoms with van der Waals surface area (Å²) in [5.74, 6) is -3.61. The summed E-state index contributed by atoms with van der Waals surface area (Å²) < 4.78 is 112. The minimum absolute atomic E-state index is 0.118. The molecule has 5 rings (SSSR count). The molecule has 1 aliphatic carbocycles. The van der Waals surface area contributed by atoms with E-state index in [0.29, 0.717) is 31.4 Å². The van der Waals surface area contributed by atoms with E-state index in [1.165, 1.54) is 12.3 Å². The molecule has 2 aliphatic rings. The van der Waals surface area contributed by atoms with Gasteiger partial charge in [0.2, 0.25) is 0 Å². The standard InChI is InChI=1S/C27H27F6N5O2S/c28-19-10-17(9-18(12-19)27(31,32)33)16-3-4-22(24(11-16)38-7-1-2-8-38)36-23-13-21(30)25(14-20(23)29)41(39,40)37-26-5-6-34-15-35-26/h5-6,9-10,12-16,22,24,36H,1-4,7-8,11H2,(H,34,35,37)/t16-,22-,24-/m0/s1. The summed E-state index contributed by atoms with van der Waals surface area (Å²) in [5.41, 5.74) is -1.03. The van der Waals surface area contributed by atoms with Gasteiger partial charge < -0.3 is 5.32 Å². The topological polar surface area (TPSA) is 87.2 Å². The highest BCUT2D eigenvalue weighted by Gasteiger charge is 2.38. The number of nitrogens with zero attached hydrogens (tertiary/aromatic N) is 3. The SMILES string of the molecule is O=S(=O)(Nc1ccncn1)c1cc(F)c(N[C@H]2CC[C@H](c3cc(F)cc(C(F)(F)F)c3)C[C@@H]2N2CCCC2)cc1F. The number of halogens is 6. The second-order valence-corrected chi connectivity index (χ2v) is 12.0. The molecule has 0 amide bonds. The lowest BCUT2D eigenvalue weighted by molar-refractivity contribution is -0.137. The van der Waals surface area contributed by atoms with Crippen molar-refractivity contribution in [2.24, 2.45) is 0 Å². The van der Waals surface area contributed by atoms with Gasteiger partial charge in [0.1, 0.15) is 34.5 Å². The summed E-state index contributed by atoms with van der Waals surface area (Å²) >= 11 is 0. The summed E-state index contributed by atoms with van der Waals surface area (Å²) in [6, 6.07) is 4.53. The Bertz CT molecular complexity index is 1500. The molecule has 1 aromatic heterocycles. The van der Waals surface area contributed by atoms with E-state index in [4.69, 9.17) is 0 Å². The highest BCUT2D eigenvalue weighted by Crippen LogP contribution is 2.40. The quantitative estimate of drug-likeness (QED) is 0.328. The molecule has 2 fully saturated rings. The van der Waals surface area contributed by atoms with E-state index in [1.54, 1.807) is 0 Å². The molecule has 1 saturated carbocycles. The molecule has 0 radical (unpaired) electrons. The molecule has 3 aromatic rings. The second-order valence-electron chi connectivity index (χ2n) is 10.3. The van der Waals surface area contributed by atoms with E-state index in [2.05, 4.69) is 24.9 Å². The van der Waals surface area contributed by atoms with Gasteiger partial charge in [-0.2, -0.15) is 13.2 Å². The molecule has 41 heavy (non-hydrogen) atoms. The van der Waals surface area contributed by atoms with Gasteiger partial charge in [-0.3, -0.25) is 9.62 Å². The number of aromatic nitrogens is 2. The first-order chi connectivity index (χ1) is 19.4. The summed E-state index contributed by atoms with van der Waals surface area (Å²) in [6.45, 7) is 1.46. The third kappa shape index (κ3) is 6.58. The van der Waals surface area contributed by atoms with Gasteiger partial charge in [0.25, 0.3) is 10.0 Å². The maximum Gasteiger partial charge on any atom is 0.416 e. The van der Waals surface area contributed by atoms with Crippen LogP contribution in [-0.4, -0.2) is 48.5 Å². The normalized spacial score (nSPS) is 22.0. The molecule has 0 bridgehead atoms. The predicted octanol–water partition coefficient (Wildman–Crippen LogP) is 5.93. The molecule has 3 atom stereocenters. The van der Waals surface area contributed by atoms with Crippen LogP contribution in [0.25, 0.3) is 0 Å². The zero-order chi connectivity index (χ0) is 29.4. The van der Waals surface area contributed by atoms with E-state index < -0.39 is 50.2 Å². The molecule has 0 spiro atoms. The average Bonchev–Trinajstić information content (AvgIpc) is 3.45. The summed E-state index contributed by atoms with van der Waals surface area (Å²) in [6.07, 6.45) is 0.693. The summed E-state index contributed by atoms with van der Waals surface area (Å²) in [5, 5.41) is 3.02. The Labute approximate surface area is 233 Å². The Hall–Kier alpha value is -3.39. The minimum Gasteiger partial charge on any atom is -0.378 e. The van der Waals surface area contributed by atoms with Crippen molar-refractivity contribution < 1.29 is 34.8 Å². The van der Waals surface area contributed by atoms with E-state index in [-0.39, 0.29) is 29.0 Å². The van der Waals surface area contributed by atoms with Crippen LogP contribution >= 0.6 is 0 Å². The van der Waals surface area contributed by atoms with Crippen molar-refractivity contribution in [2.75, 3.05) is 23.1 Å². The van der Waals surface area contributed by atoms with E-state index in [1.807, 2.05) is 0 Å². The highest BCUT2D eigenvalue weighted by molar-refractivity contribution is 7.92. The van der Waals surface area contributed by atoms with Gasteiger partial charge in [-0.15, -0.1) is 0 Å². The van der Waals surface area contributed by atoms with Crippen molar-refractivity contribution in [2.45, 2.75) is 61.2 Å². The molecule has 2 aromatic carbocycles. The van der Waals surface area contributed by atoms with Crippen LogP contribution in [0.5, 0.6) is 0 Å². The summed E-state index contributed by atoms with van der Waals surface area (Å²) in [4.78, 5) is 8.65. The van der Waals surface area contributed by atoms with Gasteiger partial charge in [0, 0.05) is 24.3 Å². The smallest absolute Gasteiger partial charge is 0.378 e. The zero-order valence-electron chi connectivity index (χ0n) is 21.6. The predicted molar refractivity (Wildman–Crippen MR) is 139 cm³/mol. The van der Waals surface area contributed by atoms with Crippen LogP contribution in [0.2, 0.25) is 0 Å². The fraction of sp³-hybridized carbons (Fsp3) is 0.407. The molecule has 2 heterocycles. The highest BCUT2D eigenvalue weighted by atomic mass is 32.2. The first-order valence-electron chi connectivity index (χ1n) is 13.1. The first-order valence-corrected chi connectivity index (χ1v) is 14.5. The lowest BCUT2D eigenvalue weighted by Gasteiger charge is -2.42. The number of alkyl halides is 3. The molecular weight excluding hydrogens is 572 g/mol. The van der Waals surface area contributed by atoms with Crippen molar-refractivity contribution in [1.82, 2.24) is 14.9 Å². The van der Waals surface area contributed by atoms with Gasteiger partial charge in [-0.25, -0.2) is 31.6 Å². The molecule has 7 nitrogen and oxygen atoms in total. The van der Waals surface area contributed by atoms with Crippen LogP contribution in [0.4, 0.5) is 37.8 Å². The Kier molecular flexibility index (Phi) is 8.15. The second kappa shape index (κ2) is 11.5. The van der Waals surface area contributed by atoms with Gasteiger partial charge in [-0.05, 0) is 87.0 Å². The van der Waals surface area contributed by atoms with Crippen LogP contribution < -0.4 is 10.0 Å². The summed E-state index contributed by atoms with van der Waals surface area (Å²) in [7, 11) is -4.50. The van der Waals surface area contributed by atoms with Crippen LogP contribution in [0.1, 0.15) is 49.1 Å². The Morgan fingerprint density at radius 2 is 1.71 bits per heavy atom. The van der Waals surface area contributed by atoms with Gasteiger partial charge in [0.05, 0.1) is 11.3 Å². The molecule has 14 heteroatoms. The number of benzene rings is 2. The van der Waals surface area contributed by atoms with Gasteiger partial charge >= 0.3 is 6.18 Å². The molecule has 1 aliphatic heterocycles. The van der Waals surface area contributed by atoms with E-state index in [0.717, 1.165) is 50.5 Å². The molecule has 2 N–H and O–H groups in total. The minimum atomic E-state index is -4.68. The van der Waals surface area contributed by atoms with E-state index >= 15 is 8.78 Å². The first kappa shape index (κ1) is 29.1. The van der Waals surface area contributed by atoms with Crippen molar-refractivity contribution >= 4 is 21.5 Å². The Balaban J connectivity index is 1.38. The molecule has 0 unspecified atom stereocenters. The van der Waals surface area contributed by atoms with Crippen molar-refractivity contribution in [1.29, 1.82) is 0 Å². The number of hydrogen-bond acceptors (Lipinski definition) is 6. The molecule has 220 valence electrons. The van der Waals surface area contributed by atoms with Crippen molar-refractivity contribution in [3.63, 3.8) is 0 Å².